The average Bonchev–Trinajstić information content (AvgIpc) is 3.11. The van der Waals surface area contributed by atoms with Crippen LogP contribution in [-0.4, -0.2) is 50.3 Å². The Bertz CT molecular complexity index is 1120. The molecule has 0 aliphatic carbocycles. The Balaban J connectivity index is 1.71. The number of benzene rings is 1. The van der Waals surface area contributed by atoms with Crippen LogP contribution < -0.4 is 5.32 Å². The van der Waals surface area contributed by atoms with Crippen molar-refractivity contribution in [3.63, 3.8) is 0 Å². The quantitative estimate of drug-likeness (QED) is 0.546. The van der Waals surface area contributed by atoms with Gasteiger partial charge in [0.05, 0.1) is 17.6 Å². The van der Waals surface area contributed by atoms with Crippen LogP contribution in [0.25, 0.3) is 22.4 Å². The fraction of sp³-hybridized carbons (Fsp3) is 0.273. The Hall–Kier alpha value is -3.32. The highest BCUT2D eigenvalue weighted by Gasteiger charge is 2.18. The molecule has 0 aliphatic rings. The minimum Gasteiger partial charge on any atom is -0.367 e. The molecule has 1 aromatic carbocycles. The lowest BCUT2D eigenvalue weighted by Crippen LogP contribution is -2.27. The van der Waals surface area contributed by atoms with E-state index in [0.29, 0.717) is 12.4 Å². The lowest BCUT2D eigenvalue weighted by Gasteiger charge is -2.27. The van der Waals surface area contributed by atoms with Gasteiger partial charge in [0.2, 0.25) is 0 Å². The fourth-order valence-electron chi connectivity index (χ4n) is 3.51. The van der Waals surface area contributed by atoms with E-state index in [-0.39, 0.29) is 6.04 Å². The van der Waals surface area contributed by atoms with Crippen molar-refractivity contribution < 1.29 is 0 Å². The van der Waals surface area contributed by atoms with Crippen LogP contribution in [0.3, 0.4) is 0 Å². The number of nitrogens with one attached hydrogen (secondary N) is 1. The molecule has 0 amide bonds. The summed E-state index contributed by atoms with van der Waals surface area (Å²) in [7, 11) is 6.09. The predicted molar refractivity (Wildman–Crippen MR) is 116 cm³/mol. The van der Waals surface area contributed by atoms with E-state index < -0.39 is 0 Å². The zero-order valence-electron chi connectivity index (χ0n) is 17.2. The van der Waals surface area contributed by atoms with Crippen LogP contribution in [0.5, 0.6) is 0 Å². The van der Waals surface area contributed by atoms with E-state index in [1.807, 2.05) is 25.4 Å². The molecule has 0 saturated heterocycles. The average molecular weight is 387 g/mol. The summed E-state index contributed by atoms with van der Waals surface area (Å²) in [4.78, 5) is 15.8. The molecule has 0 aliphatic heterocycles. The number of likely N-dealkylation sites (N-methyl/N-ethyl adjacent to an activating group) is 1. The topological polar surface area (TPSA) is 71.8 Å². The van der Waals surface area contributed by atoms with Crippen LogP contribution >= 0.6 is 0 Å². The molecule has 4 aromatic rings. The van der Waals surface area contributed by atoms with Gasteiger partial charge in [0.1, 0.15) is 5.82 Å². The number of hydrogen-bond donors (Lipinski definition) is 1. The summed E-state index contributed by atoms with van der Waals surface area (Å²) >= 11 is 0. The Morgan fingerprint density at radius 2 is 1.83 bits per heavy atom. The lowest BCUT2D eigenvalue weighted by atomic mass is 10.0. The van der Waals surface area contributed by atoms with E-state index >= 15 is 0 Å². The molecule has 7 nitrogen and oxygen atoms in total. The third kappa shape index (κ3) is 3.82. The molecule has 4 rings (SSSR count). The summed E-state index contributed by atoms with van der Waals surface area (Å²) in [5.74, 6) is 1.44. The fourth-order valence-corrected chi connectivity index (χ4v) is 3.51. The van der Waals surface area contributed by atoms with Gasteiger partial charge in [0, 0.05) is 31.5 Å². The standard InChI is InChI=1S/C22H25N7/c1-15-7-5-6-8-17(15)19(28(2)3)14-24-21-18-13-25-29(4)22(18)27-20(26-21)16-9-11-23-12-10-16/h5-13,19H,14H2,1-4H3,(H,24,26,27)/t19-/m1/s1. The third-order valence-corrected chi connectivity index (χ3v) is 5.16. The predicted octanol–water partition coefficient (Wildman–Crippen LogP) is 3.45. The zero-order valence-corrected chi connectivity index (χ0v) is 17.2. The maximum absolute atomic E-state index is 4.81. The maximum atomic E-state index is 4.81. The normalized spacial score (nSPS) is 12.4. The number of hydrogen-bond acceptors (Lipinski definition) is 6. The van der Waals surface area contributed by atoms with Crippen LogP contribution in [0, 0.1) is 6.92 Å². The maximum Gasteiger partial charge on any atom is 0.164 e. The molecule has 0 fully saturated rings. The van der Waals surface area contributed by atoms with E-state index in [0.717, 1.165) is 22.4 Å². The molecule has 0 radical (unpaired) electrons. The molecule has 3 heterocycles. The van der Waals surface area contributed by atoms with Gasteiger partial charge in [0.25, 0.3) is 0 Å². The lowest BCUT2D eigenvalue weighted by molar-refractivity contribution is 0.311. The first-order valence-electron chi connectivity index (χ1n) is 9.60. The van der Waals surface area contributed by atoms with E-state index in [9.17, 15) is 0 Å². The van der Waals surface area contributed by atoms with E-state index in [4.69, 9.17) is 9.97 Å². The number of aromatic nitrogens is 5. The van der Waals surface area contributed by atoms with Crippen molar-refractivity contribution >= 4 is 16.9 Å². The highest BCUT2D eigenvalue weighted by Crippen LogP contribution is 2.27. The SMILES string of the molecule is Cc1ccccc1[C@@H](CNc1nc(-c2ccncc2)nc2c1cnn2C)N(C)C. The zero-order chi connectivity index (χ0) is 20.4. The van der Waals surface area contributed by atoms with E-state index in [1.54, 1.807) is 17.1 Å². The summed E-state index contributed by atoms with van der Waals surface area (Å²) in [5.41, 5.74) is 4.30. The molecular weight excluding hydrogens is 362 g/mol. The minimum atomic E-state index is 0.210. The summed E-state index contributed by atoms with van der Waals surface area (Å²) in [6, 6.07) is 12.5. The second kappa shape index (κ2) is 7.97. The van der Waals surface area contributed by atoms with Gasteiger partial charge < -0.3 is 10.2 Å². The molecule has 3 aromatic heterocycles. The van der Waals surface area contributed by atoms with Crippen LogP contribution in [0.2, 0.25) is 0 Å². The van der Waals surface area contributed by atoms with Crippen molar-refractivity contribution in [2.24, 2.45) is 7.05 Å². The van der Waals surface area contributed by atoms with Crippen molar-refractivity contribution in [2.45, 2.75) is 13.0 Å². The van der Waals surface area contributed by atoms with Gasteiger partial charge in [-0.15, -0.1) is 0 Å². The highest BCUT2D eigenvalue weighted by atomic mass is 15.3. The van der Waals surface area contributed by atoms with Crippen molar-refractivity contribution in [3.8, 4) is 11.4 Å². The summed E-state index contributed by atoms with van der Waals surface area (Å²) < 4.78 is 1.78. The van der Waals surface area contributed by atoms with Gasteiger partial charge in [-0.2, -0.15) is 5.10 Å². The first kappa shape index (κ1) is 19.0. The molecule has 29 heavy (non-hydrogen) atoms. The Labute approximate surface area is 170 Å². The molecule has 148 valence electrons. The number of pyridine rings is 1. The second-order valence-corrected chi connectivity index (χ2v) is 7.35. The number of aryl methyl sites for hydroxylation is 2. The van der Waals surface area contributed by atoms with Crippen molar-refractivity contribution in [1.82, 2.24) is 29.6 Å². The summed E-state index contributed by atoms with van der Waals surface area (Å²) in [5, 5.41) is 8.84. The molecule has 0 saturated carbocycles. The van der Waals surface area contributed by atoms with Crippen molar-refractivity contribution in [1.29, 1.82) is 0 Å². The Morgan fingerprint density at radius 1 is 1.07 bits per heavy atom. The van der Waals surface area contributed by atoms with Gasteiger partial charge >= 0.3 is 0 Å². The molecule has 0 unspecified atom stereocenters. The molecule has 0 spiro atoms. The van der Waals surface area contributed by atoms with Gasteiger partial charge in [0.15, 0.2) is 11.5 Å². The van der Waals surface area contributed by atoms with Gasteiger partial charge in [-0.05, 0) is 44.3 Å². The van der Waals surface area contributed by atoms with Crippen LogP contribution in [0.4, 0.5) is 5.82 Å². The van der Waals surface area contributed by atoms with Gasteiger partial charge in [-0.1, -0.05) is 24.3 Å². The first-order valence-corrected chi connectivity index (χ1v) is 9.60. The van der Waals surface area contributed by atoms with E-state index in [2.05, 4.69) is 65.6 Å². The minimum absolute atomic E-state index is 0.210. The Morgan fingerprint density at radius 3 is 2.55 bits per heavy atom. The second-order valence-electron chi connectivity index (χ2n) is 7.35. The molecular formula is C22H25N7. The highest BCUT2D eigenvalue weighted by molar-refractivity contribution is 5.88. The number of rotatable bonds is 6. The van der Waals surface area contributed by atoms with Crippen LogP contribution in [0.15, 0.2) is 55.0 Å². The van der Waals surface area contributed by atoms with Crippen LogP contribution in [-0.2, 0) is 7.05 Å². The first-order chi connectivity index (χ1) is 14.0. The third-order valence-electron chi connectivity index (χ3n) is 5.16. The molecule has 7 heteroatoms. The van der Waals surface area contributed by atoms with E-state index in [1.165, 1.54) is 11.1 Å². The largest absolute Gasteiger partial charge is 0.367 e. The molecule has 1 N–H and O–H groups in total. The number of nitrogens with zero attached hydrogens (tertiary/aromatic N) is 6. The summed E-state index contributed by atoms with van der Waals surface area (Å²) in [6.45, 7) is 2.87. The summed E-state index contributed by atoms with van der Waals surface area (Å²) in [6.07, 6.45) is 5.31. The van der Waals surface area contributed by atoms with Gasteiger partial charge in [-0.3, -0.25) is 9.67 Å². The Kier molecular flexibility index (Phi) is 5.22. The van der Waals surface area contributed by atoms with Crippen LogP contribution in [0.1, 0.15) is 17.2 Å². The van der Waals surface area contributed by atoms with Crippen molar-refractivity contribution in [2.75, 3.05) is 26.0 Å². The number of anilines is 1. The number of fused-ring (bicyclic) bond motifs is 1. The molecule has 0 bridgehead atoms. The smallest absolute Gasteiger partial charge is 0.164 e. The van der Waals surface area contributed by atoms with Crippen molar-refractivity contribution in [3.05, 3.63) is 66.1 Å². The molecule has 1 atom stereocenters. The van der Waals surface area contributed by atoms with Gasteiger partial charge in [-0.25, -0.2) is 9.97 Å². The monoisotopic (exact) mass is 387 g/mol.